The highest BCUT2D eigenvalue weighted by molar-refractivity contribution is 7.89. The Bertz CT molecular complexity index is 1150. The molecular weight excluding hydrogens is 456 g/mol. The van der Waals surface area contributed by atoms with E-state index in [1.165, 1.54) is 17.5 Å². The lowest BCUT2D eigenvalue weighted by atomic mass is 10.1. The topological polar surface area (TPSA) is 85.4 Å². The van der Waals surface area contributed by atoms with Crippen LogP contribution in [0, 0.1) is 0 Å². The van der Waals surface area contributed by atoms with Gasteiger partial charge in [-0.1, -0.05) is 12.5 Å². The molecule has 0 aliphatic carbocycles. The van der Waals surface area contributed by atoms with Gasteiger partial charge >= 0.3 is 0 Å². The van der Waals surface area contributed by atoms with Gasteiger partial charge in [-0.3, -0.25) is 4.79 Å². The Hall–Kier alpha value is -2.78. The van der Waals surface area contributed by atoms with Gasteiger partial charge in [0.15, 0.2) is 11.5 Å². The number of rotatable bonds is 7. The Labute approximate surface area is 201 Å². The predicted octanol–water partition coefficient (Wildman–Crippen LogP) is 3.69. The van der Waals surface area contributed by atoms with E-state index >= 15 is 0 Å². The molecule has 1 fully saturated rings. The minimum atomic E-state index is -3.80. The summed E-state index contributed by atoms with van der Waals surface area (Å²) in [6.07, 6.45) is 2.65. The fourth-order valence-electron chi connectivity index (χ4n) is 4.48. The number of benzene rings is 2. The second-order valence-corrected chi connectivity index (χ2v) is 10.5. The molecule has 8 nitrogen and oxygen atoms in total. The molecule has 4 rings (SSSR count). The average Bonchev–Trinajstić information content (AvgIpc) is 2.86. The van der Waals surface area contributed by atoms with Crippen LogP contribution < -0.4 is 14.2 Å². The molecule has 2 aromatic rings. The van der Waals surface area contributed by atoms with E-state index in [0.717, 1.165) is 24.8 Å². The second-order valence-electron chi connectivity index (χ2n) is 8.62. The maximum absolute atomic E-state index is 13.5. The van der Waals surface area contributed by atoms with Crippen LogP contribution in [0.25, 0.3) is 0 Å². The van der Waals surface area contributed by atoms with Crippen LogP contribution in [0.15, 0.2) is 41.3 Å². The molecule has 0 saturated carbocycles. The van der Waals surface area contributed by atoms with Gasteiger partial charge in [0.2, 0.25) is 10.0 Å². The molecule has 9 heteroatoms. The number of carbonyl (C=O) groups is 1. The Balaban J connectivity index is 1.61. The second kappa shape index (κ2) is 10.2. The first-order valence-corrected chi connectivity index (χ1v) is 13.2. The number of nitrogens with zero attached hydrogens (tertiary/aromatic N) is 2. The summed E-state index contributed by atoms with van der Waals surface area (Å²) < 4.78 is 45.2. The van der Waals surface area contributed by atoms with Crippen molar-refractivity contribution < 1.29 is 27.4 Å². The van der Waals surface area contributed by atoms with Crippen molar-refractivity contribution in [3.05, 3.63) is 47.5 Å². The number of piperidine rings is 1. The third-order valence-electron chi connectivity index (χ3n) is 6.39. The maximum atomic E-state index is 13.5. The van der Waals surface area contributed by atoms with Gasteiger partial charge in [-0.05, 0) is 62.6 Å². The average molecular weight is 489 g/mol. The van der Waals surface area contributed by atoms with Crippen LogP contribution in [0.2, 0.25) is 0 Å². The number of carbonyl (C=O) groups excluding carboxylic acids is 1. The summed E-state index contributed by atoms with van der Waals surface area (Å²) >= 11 is 0. The first-order chi connectivity index (χ1) is 16.3. The molecule has 2 aromatic carbocycles. The lowest BCUT2D eigenvalue weighted by Gasteiger charge is -2.32. The summed E-state index contributed by atoms with van der Waals surface area (Å²) in [6.45, 7) is 6.12. The van der Waals surface area contributed by atoms with E-state index < -0.39 is 10.0 Å². The van der Waals surface area contributed by atoms with E-state index in [0.29, 0.717) is 49.9 Å². The van der Waals surface area contributed by atoms with E-state index in [1.54, 1.807) is 17.0 Å². The van der Waals surface area contributed by atoms with Gasteiger partial charge in [0.25, 0.3) is 5.91 Å². The highest BCUT2D eigenvalue weighted by Crippen LogP contribution is 2.33. The van der Waals surface area contributed by atoms with E-state index in [4.69, 9.17) is 14.2 Å². The highest BCUT2D eigenvalue weighted by atomic mass is 32.2. The molecule has 184 valence electrons. The predicted molar refractivity (Wildman–Crippen MR) is 128 cm³/mol. The highest BCUT2D eigenvalue weighted by Gasteiger charge is 2.34. The van der Waals surface area contributed by atoms with Crippen LogP contribution in [0.1, 0.15) is 49.0 Å². The van der Waals surface area contributed by atoms with Crippen molar-refractivity contribution in [3.8, 4) is 17.2 Å². The van der Waals surface area contributed by atoms with Crippen LogP contribution in [0.3, 0.4) is 0 Å². The normalized spacial score (nSPS) is 18.4. The zero-order valence-electron chi connectivity index (χ0n) is 20.0. The van der Waals surface area contributed by atoms with Crippen molar-refractivity contribution in [3.63, 3.8) is 0 Å². The zero-order chi connectivity index (χ0) is 24.3. The van der Waals surface area contributed by atoms with Crippen LogP contribution in [-0.4, -0.2) is 63.0 Å². The van der Waals surface area contributed by atoms with Gasteiger partial charge in [0, 0.05) is 31.2 Å². The third kappa shape index (κ3) is 4.86. The molecule has 2 heterocycles. The maximum Gasteiger partial charge on any atom is 0.254 e. The number of amides is 1. The number of ether oxygens (including phenoxy) is 3. The molecule has 1 atom stereocenters. The van der Waals surface area contributed by atoms with Crippen LogP contribution in [-0.2, 0) is 16.6 Å². The standard InChI is InChI=1S/C25H32N2O6S/c1-4-26(17-19-8-10-21-23(15-19)33-14-13-32-21)25(28)20-9-11-22(31-3)24(16-20)34(29,30)27-12-6-5-7-18(27)2/h8-11,15-16,18H,4-7,12-14,17H2,1-3H3. The smallest absolute Gasteiger partial charge is 0.254 e. The summed E-state index contributed by atoms with van der Waals surface area (Å²) in [6, 6.07) is 10.2. The Morgan fingerprint density at radius 2 is 1.88 bits per heavy atom. The van der Waals surface area contributed by atoms with Crippen molar-refractivity contribution in [2.75, 3.05) is 33.4 Å². The van der Waals surface area contributed by atoms with Gasteiger partial charge < -0.3 is 19.1 Å². The number of fused-ring (bicyclic) bond motifs is 1. The van der Waals surface area contributed by atoms with E-state index in [9.17, 15) is 13.2 Å². The molecule has 0 bridgehead atoms. The minimum absolute atomic E-state index is 0.0324. The lowest BCUT2D eigenvalue weighted by Crippen LogP contribution is -2.42. The fraction of sp³-hybridized carbons (Fsp3) is 0.480. The van der Waals surface area contributed by atoms with Gasteiger partial charge in [0.05, 0.1) is 7.11 Å². The summed E-state index contributed by atoms with van der Waals surface area (Å²) in [4.78, 5) is 15.1. The summed E-state index contributed by atoms with van der Waals surface area (Å²) in [5, 5.41) is 0. The number of hydrogen-bond donors (Lipinski definition) is 0. The number of sulfonamides is 1. The Morgan fingerprint density at radius 3 is 2.59 bits per heavy atom. The van der Waals surface area contributed by atoms with E-state index in [1.807, 2.05) is 32.0 Å². The monoisotopic (exact) mass is 488 g/mol. The molecule has 1 amide bonds. The molecule has 34 heavy (non-hydrogen) atoms. The molecule has 0 aromatic heterocycles. The molecule has 1 unspecified atom stereocenters. The van der Waals surface area contributed by atoms with Crippen molar-refractivity contribution in [1.82, 2.24) is 9.21 Å². The first kappa shape index (κ1) is 24.3. The molecule has 0 spiro atoms. The van der Waals surface area contributed by atoms with Crippen molar-refractivity contribution >= 4 is 15.9 Å². The molecular formula is C25H32N2O6S. The first-order valence-electron chi connectivity index (χ1n) is 11.7. The summed E-state index contributed by atoms with van der Waals surface area (Å²) in [7, 11) is -2.36. The van der Waals surface area contributed by atoms with Gasteiger partial charge in [-0.15, -0.1) is 0 Å². The van der Waals surface area contributed by atoms with E-state index in [-0.39, 0.29) is 22.6 Å². The van der Waals surface area contributed by atoms with E-state index in [2.05, 4.69) is 0 Å². The Morgan fingerprint density at radius 1 is 1.12 bits per heavy atom. The van der Waals surface area contributed by atoms with Crippen molar-refractivity contribution in [2.45, 2.75) is 50.6 Å². The quantitative estimate of drug-likeness (QED) is 0.591. The molecule has 0 radical (unpaired) electrons. The van der Waals surface area contributed by atoms with Crippen LogP contribution >= 0.6 is 0 Å². The summed E-state index contributed by atoms with van der Waals surface area (Å²) in [5.74, 6) is 1.36. The van der Waals surface area contributed by atoms with Crippen LogP contribution in [0.5, 0.6) is 17.2 Å². The van der Waals surface area contributed by atoms with Crippen molar-refractivity contribution in [2.24, 2.45) is 0 Å². The zero-order valence-corrected chi connectivity index (χ0v) is 20.8. The molecule has 1 saturated heterocycles. The SMILES string of the molecule is CCN(Cc1ccc2c(c1)OCCO2)C(=O)c1ccc(OC)c(S(=O)(=O)N2CCCCC2C)c1. The fourth-order valence-corrected chi connectivity index (χ4v) is 6.37. The summed E-state index contributed by atoms with van der Waals surface area (Å²) in [5.41, 5.74) is 1.21. The lowest BCUT2D eigenvalue weighted by molar-refractivity contribution is 0.0752. The largest absolute Gasteiger partial charge is 0.495 e. The van der Waals surface area contributed by atoms with Gasteiger partial charge in [0.1, 0.15) is 23.9 Å². The molecule has 2 aliphatic heterocycles. The van der Waals surface area contributed by atoms with Crippen LogP contribution in [0.4, 0.5) is 0 Å². The number of hydrogen-bond acceptors (Lipinski definition) is 6. The third-order valence-corrected chi connectivity index (χ3v) is 8.42. The van der Waals surface area contributed by atoms with Crippen molar-refractivity contribution in [1.29, 1.82) is 0 Å². The molecule has 2 aliphatic rings. The van der Waals surface area contributed by atoms with Gasteiger partial charge in [-0.25, -0.2) is 8.42 Å². The minimum Gasteiger partial charge on any atom is -0.495 e. The Kier molecular flexibility index (Phi) is 7.33. The molecule has 0 N–H and O–H groups in total. The number of methoxy groups -OCH3 is 1. The van der Waals surface area contributed by atoms with Gasteiger partial charge in [-0.2, -0.15) is 4.31 Å².